The second-order valence-electron chi connectivity index (χ2n) is 9.03. The predicted molar refractivity (Wildman–Crippen MR) is 115 cm³/mol. The summed E-state index contributed by atoms with van der Waals surface area (Å²) in [4.78, 5) is 37.3. The first-order valence-corrected chi connectivity index (χ1v) is 10.7. The Morgan fingerprint density at radius 1 is 1.10 bits per heavy atom. The van der Waals surface area contributed by atoms with Gasteiger partial charge in [0.25, 0.3) is 0 Å². The Hall–Kier alpha value is -2.83. The van der Waals surface area contributed by atoms with E-state index in [2.05, 4.69) is 0 Å². The number of carbonyl (C=O) groups is 2. The van der Waals surface area contributed by atoms with Crippen molar-refractivity contribution in [3.63, 3.8) is 0 Å². The maximum Gasteiger partial charge on any atom is 0.336 e. The minimum atomic E-state index is -0.984. The molecule has 7 nitrogen and oxygen atoms in total. The fourth-order valence-corrected chi connectivity index (χ4v) is 3.61. The van der Waals surface area contributed by atoms with E-state index in [1.165, 1.54) is 6.07 Å². The molecular formula is C24H30O7. The van der Waals surface area contributed by atoms with E-state index in [1.54, 1.807) is 39.0 Å². The van der Waals surface area contributed by atoms with Gasteiger partial charge >= 0.3 is 17.6 Å². The van der Waals surface area contributed by atoms with E-state index >= 15 is 0 Å². The third kappa shape index (κ3) is 4.75. The normalized spacial score (nSPS) is 20.6. The molecule has 0 amide bonds. The van der Waals surface area contributed by atoms with E-state index < -0.39 is 35.4 Å². The molecule has 0 aliphatic carbocycles. The van der Waals surface area contributed by atoms with Gasteiger partial charge in [0.05, 0.1) is 11.5 Å². The van der Waals surface area contributed by atoms with Crippen LogP contribution in [0.3, 0.4) is 0 Å². The largest absolute Gasteiger partial charge is 0.483 e. The number of esters is 2. The molecule has 3 unspecified atom stereocenters. The lowest BCUT2D eigenvalue weighted by molar-refractivity contribution is -0.193. The first kappa shape index (κ1) is 22.8. The van der Waals surface area contributed by atoms with Crippen LogP contribution >= 0.6 is 0 Å². The standard InChI is InChI=1S/C24H30O7/c1-7-14(4)23(27)30-22-21(29-18(26)12-13(2)3)19-16(31-24(22,5)6)10-8-15-9-11-17(25)28-20(15)19/h8-11,13-14,21-22H,7,12H2,1-6H3. The fourth-order valence-electron chi connectivity index (χ4n) is 3.61. The smallest absolute Gasteiger partial charge is 0.336 e. The number of hydrogen-bond acceptors (Lipinski definition) is 7. The highest BCUT2D eigenvalue weighted by Crippen LogP contribution is 2.46. The Kier molecular flexibility index (Phi) is 6.43. The zero-order valence-corrected chi connectivity index (χ0v) is 18.9. The Balaban J connectivity index is 2.16. The molecule has 3 atom stereocenters. The van der Waals surface area contributed by atoms with Gasteiger partial charge < -0.3 is 18.6 Å². The summed E-state index contributed by atoms with van der Waals surface area (Å²) in [5, 5.41) is 0.651. The second kappa shape index (κ2) is 8.73. The average Bonchev–Trinajstić information content (AvgIpc) is 2.68. The molecule has 1 aromatic carbocycles. The zero-order valence-electron chi connectivity index (χ0n) is 18.9. The lowest BCUT2D eigenvalue weighted by Crippen LogP contribution is -2.52. The van der Waals surface area contributed by atoms with Gasteiger partial charge in [-0.05, 0) is 44.4 Å². The number of hydrogen-bond donors (Lipinski definition) is 0. The van der Waals surface area contributed by atoms with E-state index in [0.717, 1.165) is 0 Å². The van der Waals surface area contributed by atoms with Crippen molar-refractivity contribution in [1.29, 1.82) is 0 Å². The molecule has 0 radical (unpaired) electrons. The maximum absolute atomic E-state index is 12.7. The Morgan fingerprint density at radius 2 is 1.77 bits per heavy atom. The van der Waals surface area contributed by atoms with Crippen LogP contribution in [0.4, 0.5) is 0 Å². The number of benzene rings is 1. The molecule has 0 bridgehead atoms. The summed E-state index contributed by atoms with van der Waals surface area (Å²) in [5.74, 6) is -0.645. The summed E-state index contributed by atoms with van der Waals surface area (Å²) in [6, 6.07) is 6.47. The van der Waals surface area contributed by atoms with Gasteiger partial charge in [-0.2, -0.15) is 0 Å². The van der Waals surface area contributed by atoms with E-state index in [4.69, 9.17) is 18.6 Å². The SMILES string of the molecule is CCC(C)C(=O)OC1C(OC(=O)CC(C)C)c2c(ccc3ccc(=O)oc23)OC1(C)C. The van der Waals surface area contributed by atoms with Gasteiger partial charge in [0, 0.05) is 17.9 Å². The van der Waals surface area contributed by atoms with Crippen LogP contribution < -0.4 is 10.4 Å². The van der Waals surface area contributed by atoms with Crippen molar-refractivity contribution in [3.05, 3.63) is 40.2 Å². The molecular weight excluding hydrogens is 400 g/mol. The summed E-state index contributed by atoms with van der Waals surface area (Å²) in [6.45, 7) is 11.1. The first-order valence-electron chi connectivity index (χ1n) is 10.7. The minimum Gasteiger partial charge on any atom is -0.483 e. The van der Waals surface area contributed by atoms with E-state index in [1.807, 2.05) is 20.8 Å². The van der Waals surface area contributed by atoms with Crippen molar-refractivity contribution in [2.24, 2.45) is 11.8 Å². The van der Waals surface area contributed by atoms with Crippen molar-refractivity contribution in [2.45, 2.75) is 72.2 Å². The van der Waals surface area contributed by atoms with Gasteiger partial charge in [-0.1, -0.05) is 27.7 Å². The summed E-state index contributed by atoms with van der Waals surface area (Å²) >= 11 is 0. The summed E-state index contributed by atoms with van der Waals surface area (Å²) < 4.78 is 23.4. The predicted octanol–water partition coefficient (Wildman–Crippen LogP) is 4.55. The molecule has 2 heterocycles. The highest BCUT2D eigenvalue weighted by atomic mass is 16.6. The molecule has 168 valence electrons. The monoisotopic (exact) mass is 430 g/mol. The van der Waals surface area contributed by atoms with Crippen LogP contribution in [0.2, 0.25) is 0 Å². The van der Waals surface area contributed by atoms with Crippen molar-refractivity contribution in [3.8, 4) is 5.75 Å². The summed E-state index contributed by atoms with van der Waals surface area (Å²) in [5.41, 5.74) is -0.867. The van der Waals surface area contributed by atoms with Crippen molar-refractivity contribution >= 4 is 22.9 Å². The molecule has 0 spiro atoms. The van der Waals surface area contributed by atoms with Crippen molar-refractivity contribution < 1.29 is 28.2 Å². The molecule has 1 aromatic heterocycles. The molecule has 1 aliphatic heterocycles. The summed E-state index contributed by atoms with van der Waals surface area (Å²) in [7, 11) is 0. The molecule has 31 heavy (non-hydrogen) atoms. The maximum atomic E-state index is 12.7. The summed E-state index contributed by atoms with van der Waals surface area (Å²) in [6.07, 6.45) is -1.09. The van der Waals surface area contributed by atoms with Crippen LogP contribution in [0.15, 0.2) is 33.5 Å². The van der Waals surface area contributed by atoms with Crippen LogP contribution in [-0.4, -0.2) is 23.6 Å². The van der Waals surface area contributed by atoms with E-state index in [9.17, 15) is 14.4 Å². The van der Waals surface area contributed by atoms with Crippen molar-refractivity contribution in [1.82, 2.24) is 0 Å². The number of fused-ring (bicyclic) bond motifs is 3. The Labute approximate surface area is 181 Å². The van der Waals surface area contributed by atoms with E-state index in [0.29, 0.717) is 23.1 Å². The zero-order chi connectivity index (χ0) is 22.9. The van der Waals surface area contributed by atoms with Crippen LogP contribution in [0, 0.1) is 11.8 Å². The molecule has 3 rings (SSSR count). The average molecular weight is 430 g/mol. The molecule has 0 fully saturated rings. The third-order valence-corrected chi connectivity index (χ3v) is 5.50. The van der Waals surface area contributed by atoms with Crippen LogP contribution in [0.25, 0.3) is 11.0 Å². The highest BCUT2D eigenvalue weighted by molar-refractivity contribution is 5.84. The Bertz CT molecular complexity index is 1030. The number of ether oxygens (including phenoxy) is 3. The van der Waals surface area contributed by atoms with Gasteiger partial charge in [-0.25, -0.2) is 4.79 Å². The van der Waals surface area contributed by atoms with Gasteiger partial charge in [-0.15, -0.1) is 0 Å². The molecule has 1 aliphatic rings. The lowest BCUT2D eigenvalue weighted by atomic mass is 9.87. The van der Waals surface area contributed by atoms with Gasteiger partial charge in [0.1, 0.15) is 16.9 Å². The molecule has 0 saturated heterocycles. The van der Waals surface area contributed by atoms with E-state index in [-0.39, 0.29) is 23.8 Å². The fraction of sp³-hybridized carbons (Fsp3) is 0.542. The third-order valence-electron chi connectivity index (χ3n) is 5.50. The number of rotatable bonds is 6. The highest BCUT2D eigenvalue weighted by Gasteiger charge is 2.50. The quantitative estimate of drug-likeness (QED) is 0.490. The molecule has 2 aromatic rings. The molecule has 0 N–H and O–H groups in total. The topological polar surface area (TPSA) is 92.0 Å². The lowest BCUT2D eigenvalue weighted by Gasteiger charge is -2.43. The minimum absolute atomic E-state index is 0.0892. The van der Waals surface area contributed by atoms with Crippen LogP contribution in [0.5, 0.6) is 5.75 Å². The van der Waals surface area contributed by atoms with Gasteiger partial charge in [-0.3, -0.25) is 9.59 Å². The van der Waals surface area contributed by atoms with Gasteiger partial charge in [0.2, 0.25) is 0 Å². The molecule has 7 heteroatoms. The molecule has 0 saturated carbocycles. The van der Waals surface area contributed by atoms with Crippen molar-refractivity contribution in [2.75, 3.05) is 0 Å². The first-order chi connectivity index (χ1) is 14.5. The second-order valence-corrected chi connectivity index (χ2v) is 9.03. The van der Waals surface area contributed by atoms with Crippen LogP contribution in [-0.2, 0) is 19.1 Å². The Morgan fingerprint density at radius 3 is 2.42 bits per heavy atom. The number of carbonyl (C=O) groups excluding carboxylic acids is 2. The van der Waals surface area contributed by atoms with Gasteiger partial charge in [0.15, 0.2) is 12.2 Å². The van der Waals surface area contributed by atoms with Crippen LogP contribution in [0.1, 0.15) is 66.1 Å².